The average Bonchev–Trinajstić information content (AvgIpc) is 2.86. The van der Waals surface area contributed by atoms with E-state index in [1.807, 2.05) is 6.92 Å². The molecule has 1 aliphatic heterocycles. The SMILES string of the molecule is Cc1nn(C)c(C(=O)NCC2CCCO2)c1Br. The molecule has 2 rings (SSSR count). The van der Waals surface area contributed by atoms with Gasteiger partial charge in [-0.05, 0) is 35.7 Å². The molecule has 0 aromatic carbocycles. The van der Waals surface area contributed by atoms with Crippen LogP contribution in [0.5, 0.6) is 0 Å². The first-order valence-corrected chi connectivity index (χ1v) is 6.47. The molecule has 1 saturated heterocycles. The zero-order valence-electron chi connectivity index (χ0n) is 9.99. The molecule has 6 heteroatoms. The van der Waals surface area contributed by atoms with Crippen LogP contribution in [0.4, 0.5) is 0 Å². The molecule has 1 aromatic rings. The molecule has 1 amide bonds. The van der Waals surface area contributed by atoms with Gasteiger partial charge in [0.1, 0.15) is 5.69 Å². The lowest BCUT2D eigenvalue weighted by Gasteiger charge is -2.10. The molecule has 2 heterocycles. The van der Waals surface area contributed by atoms with Gasteiger partial charge in [0.05, 0.1) is 16.3 Å². The van der Waals surface area contributed by atoms with Crippen LogP contribution in [0.15, 0.2) is 4.47 Å². The Hall–Kier alpha value is -0.880. The number of hydrogen-bond acceptors (Lipinski definition) is 3. The van der Waals surface area contributed by atoms with Crippen molar-refractivity contribution in [2.45, 2.75) is 25.9 Å². The predicted octanol–water partition coefficient (Wildman–Crippen LogP) is 1.40. The smallest absolute Gasteiger partial charge is 0.270 e. The minimum atomic E-state index is -0.115. The van der Waals surface area contributed by atoms with Gasteiger partial charge in [0.2, 0.25) is 0 Å². The van der Waals surface area contributed by atoms with Gasteiger partial charge < -0.3 is 10.1 Å². The number of aromatic nitrogens is 2. The summed E-state index contributed by atoms with van der Waals surface area (Å²) in [4.78, 5) is 12.0. The number of carbonyl (C=O) groups excluding carboxylic acids is 1. The van der Waals surface area contributed by atoms with Gasteiger partial charge in [0.25, 0.3) is 5.91 Å². The summed E-state index contributed by atoms with van der Waals surface area (Å²) in [5.41, 5.74) is 1.37. The Morgan fingerprint density at radius 3 is 3.00 bits per heavy atom. The summed E-state index contributed by atoms with van der Waals surface area (Å²) in [6.07, 6.45) is 2.26. The van der Waals surface area contributed by atoms with Crippen molar-refractivity contribution < 1.29 is 9.53 Å². The first-order chi connectivity index (χ1) is 8.09. The first-order valence-electron chi connectivity index (χ1n) is 5.68. The Labute approximate surface area is 109 Å². The van der Waals surface area contributed by atoms with Gasteiger partial charge in [-0.2, -0.15) is 5.10 Å². The molecule has 1 unspecified atom stereocenters. The molecule has 0 bridgehead atoms. The molecule has 0 aliphatic carbocycles. The van der Waals surface area contributed by atoms with Crippen molar-refractivity contribution >= 4 is 21.8 Å². The summed E-state index contributed by atoms with van der Waals surface area (Å²) >= 11 is 3.38. The number of ether oxygens (including phenoxy) is 1. The van der Waals surface area contributed by atoms with Crippen molar-refractivity contribution in [3.8, 4) is 0 Å². The Kier molecular flexibility index (Phi) is 3.83. The number of halogens is 1. The lowest BCUT2D eigenvalue weighted by molar-refractivity contribution is 0.0849. The Morgan fingerprint density at radius 1 is 1.71 bits per heavy atom. The second-order valence-electron chi connectivity index (χ2n) is 4.22. The van der Waals surface area contributed by atoms with E-state index in [1.54, 1.807) is 11.7 Å². The highest BCUT2D eigenvalue weighted by molar-refractivity contribution is 9.10. The highest BCUT2D eigenvalue weighted by Gasteiger charge is 2.21. The van der Waals surface area contributed by atoms with Gasteiger partial charge in [0.15, 0.2) is 0 Å². The number of aryl methyl sites for hydroxylation is 2. The molecule has 1 atom stereocenters. The van der Waals surface area contributed by atoms with E-state index in [-0.39, 0.29) is 12.0 Å². The van der Waals surface area contributed by atoms with Crippen LogP contribution >= 0.6 is 15.9 Å². The van der Waals surface area contributed by atoms with Gasteiger partial charge in [0, 0.05) is 20.2 Å². The average molecular weight is 302 g/mol. The van der Waals surface area contributed by atoms with Gasteiger partial charge in [-0.15, -0.1) is 0 Å². The van der Waals surface area contributed by atoms with E-state index in [1.165, 1.54) is 0 Å². The fourth-order valence-corrected chi connectivity index (χ4v) is 2.49. The van der Waals surface area contributed by atoms with E-state index in [0.717, 1.165) is 29.6 Å². The minimum absolute atomic E-state index is 0.115. The Balaban J connectivity index is 1.99. The fourth-order valence-electron chi connectivity index (χ4n) is 1.97. The van der Waals surface area contributed by atoms with Crippen LogP contribution < -0.4 is 5.32 Å². The fraction of sp³-hybridized carbons (Fsp3) is 0.636. The minimum Gasteiger partial charge on any atom is -0.376 e. The molecule has 17 heavy (non-hydrogen) atoms. The third kappa shape index (κ3) is 2.69. The predicted molar refractivity (Wildman–Crippen MR) is 67.0 cm³/mol. The maximum Gasteiger partial charge on any atom is 0.270 e. The number of hydrogen-bond donors (Lipinski definition) is 1. The maximum absolute atomic E-state index is 12.0. The summed E-state index contributed by atoms with van der Waals surface area (Å²) in [6, 6.07) is 0. The lowest BCUT2D eigenvalue weighted by atomic mass is 10.2. The van der Waals surface area contributed by atoms with Crippen LogP contribution in [0, 0.1) is 6.92 Å². The van der Waals surface area contributed by atoms with E-state index in [9.17, 15) is 4.79 Å². The van der Waals surface area contributed by atoms with Crippen LogP contribution in [0.1, 0.15) is 29.0 Å². The molecule has 0 radical (unpaired) electrons. The maximum atomic E-state index is 12.0. The highest BCUT2D eigenvalue weighted by Crippen LogP contribution is 2.20. The highest BCUT2D eigenvalue weighted by atomic mass is 79.9. The van der Waals surface area contributed by atoms with Gasteiger partial charge in [-0.25, -0.2) is 0 Å². The normalized spacial score (nSPS) is 19.6. The number of nitrogens with one attached hydrogen (secondary N) is 1. The second-order valence-corrected chi connectivity index (χ2v) is 5.01. The summed E-state index contributed by atoms with van der Waals surface area (Å²) < 4.78 is 7.80. The van der Waals surface area contributed by atoms with Crippen molar-refractivity contribution in [2.75, 3.05) is 13.2 Å². The molecule has 5 nitrogen and oxygen atoms in total. The van der Waals surface area contributed by atoms with Crippen LogP contribution in [0.2, 0.25) is 0 Å². The quantitative estimate of drug-likeness (QED) is 0.918. The molecule has 0 saturated carbocycles. The topological polar surface area (TPSA) is 56.2 Å². The van der Waals surface area contributed by atoms with Crippen LogP contribution in [-0.2, 0) is 11.8 Å². The van der Waals surface area contributed by atoms with Gasteiger partial charge >= 0.3 is 0 Å². The van der Waals surface area contributed by atoms with Gasteiger partial charge in [-0.1, -0.05) is 0 Å². The molecule has 0 spiro atoms. The second kappa shape index (κ2) is 5.18. The summed E-state index contributed by atoms with van der Waals surface area (Å²) in [6.45, 7) is 3.23. The van der Waals surface area contributed by atoms with Crippen molar-refractivity contribution in [1.82, 2.24) is 15.1 Å². The standard InChI is InChI=1S/C11H16BrN3O2/c1-7-9(12)10(15(2)14-7)11(16)13-6-8-4-3-5-17-8/h8H,3-6H2,1-2H3,(H,13,16). The number of nitrogens with zero attached hydrogens (tertiary/aromatic N) is 2. The van der Waals surface area contributed by atoms with Crippen molar-refractivity contribution in [3.05, 3.63) is 15.9 Å². The Morgan fingerprint density at radius 2 is 2.47 bits per heavy atom. The molecule has 1 N–H and O–H groups in total. The molecule has 1 fully saturated rings. The molecule has 94 valence electrons. The number of carbonyl (C=O) groups is 1. The van der Waals surface area contributed by atoms with E-state index in [0.29, 0.717) is 12.2 Å². The largest absolute Gasteiger partial charge is 0.376 e. The summed E-state index contributed by atoms with van der Waals surface area (Å²) in [5.74, 6) is -0.115. The van der Waals surface area contributed by atoms with Crippen LogP contribution in [0.3, 0.4) is 0 Å². The van der Waals surface area contributed by atoms with Crippen molar-refractivity contribution in [1.29, 1.82) is 0 Å². The zero-order valence-corrected chi connectivity index (χ0v) is 11.6. The van der Waals surface area contributed by atoms with Gasteiger partial charge in [-0.3, -0.25) is 9.48 Å². The monoisotopic (exact) mass is 301 g/mol. The molecular weight excluding hydrogens is 286 g/mol. The van der Waals surface area contributed by atoms with Crippen LogP contribution in [0.25, 0.3) is 0 Å². The lowest BCUT2D eigenvalue weighted by Crippen LogP contribution is -2.33. The first kappa shape index (κ1) is 12.6. The van der Waals surface area contributed by atoms with Crippen molar-refractivity contribution in [3.63, 3.8) is 0 Å². The molecule has 1 aromatic heterocycles. The van der Waals surface area contributed by atoms with E-state index in [2.05, 4.69) is 26.3 Å². The number of rotatable bonds is 3. The number of amides is 1. The summed E-state index contributed by atoms with van der Waals surface area (Å²) in [7, 11) is 1.76. The van der Waals surface area contributed by atoms with E-state index in [4.69, 9.17) is 4.74 Å². The summed E-state index contributed by atoms with van der Waals surface area (Å²) in [5, 5.41) is 7.07. The van der Waals surface area contributed by atoms with Crippen molar-refractivity contribution in [2.24, 2.45) is 7.05 Å². The van der Waals surface area contributed by atoms with Crippen LogP contribution in [-0.4, -0.2) is 34.9 Å². The zero-order chi connectivity index (χ0) is 12.4. The third-order valence-electron chi connectivity index (χ3n) is 2.88. The Bertz CT molecular complexity index is 425. The third-order valence-corrected chi connectivity index (χ3v) is 3.83. The van der Waals surface area contributed by atoms with E-state index < -0.39 is 0 Å². The van der Waals surface area contributed by atoms with E-state index >= 15 is 0 Å². The molecular formula is C11H16BrN3O2. The molecule has 1 aliphatic rings.